The van der Waals surface area contributed by atoms with Gasteiger partial charge in [0.05, 0.1) is 12.4 Å². The number of rotatable bonds is 3. The second kappa shape index (κ2) is 5.60. The van der Waals surface area contributed by atoms with Crippen LogP contribution in [0.2, 0.25) is 5.15 Å². The van der Waals surface area contributed by atoms with Crippen LogP contribution in [0.3, 0.4) is 0 Å². The Balaban J connectivity index is 1.74. The van der Waals surface area contributed by atoms with Gasteiger partial charge in [-0.1, -0.05) is 11.6 Å². The maximum Gasteiger partial charge on any atom is 0.303 e. The van der Waals surface area contributed by atoms with Crippen molar-refractivity contribution >= 4 is 23.5 Å². The molecule has 1 aromatic rings. The van der Waals surface area contributed by atoms with E-state index in [9.17, 15) is 9.59 Å². The minimum absolute atomic E-state index is 0.123. The number of aliphatic carboxylic acids is 1. The summed E-state index contributed by atoms with van der Waals surface area (Å²) < 4.78 is 0. The fourth-order valence-electron chi connectivity index (χ4n) is 3.59. The fourth-order valence-corrected chi connectivity index (χ4v) is 3.69. The molecule has 2 fully saturated rings. The molecule has 2 saturated heterocycles. The second-order valence-electron chi connectivity index (χ2n) is 5.76. The van der Waals surface area contributed by atoms with Crippen LogP contribution >= 0.6 is 11.6 Å². The van der Waals surface area contributed by atoms with E-state index in [0.29, 0.717) is 5.69 Å². The lowest BCUT2D eigenvalue weighted by molar-refractivity contribution is -0.138. The molecule has 3 heterocycles. The van der Waals surface area contributed by atoms with Gasteiger partial charge in [-0.05, 0) is 31.6 Å². The number of fused-ring (bicyclic) bond motifs is 2. The van der Waals surface area contributed by atoms with Crippen molar-refractivity contribution in [3.05, 3.63) is 23.2 Å². The van der Waals surface area contributed by atoms with Gasteiger partial charge in [0, 0.05) is 18.5 Å². The third-order valence-electron chi connectivity index (χ3n) is 4.37. The number of halogens is 1. The summed E-state index contributed by atoms with van der Waals surface area (Å²) in [5.74, 6) is -0.719. The van der Waals surface area contributed by atoms with Crippen molar-refractivity contribution in [1.29, 1.82) is 0 Å². The van der Waals surface area contributed by atoms with Crippen LogP contribution in [0.25, 0.3) is 0 Å². The Morgan fingerprint density at radius 3 is 2.43 bits per heavy atom. The van der Waals surface area contributed by atoms with Crippen LogP contribution in [0.15, 0.2) is 12.4 Å². The molecule has 3 rings (SSSR count). The lowest BCUT2D eigenvalue weighted by atomic mass is 9.88. The summed E-state index contributed by atoms with van der Waals surface area (Å²) >= 11 is 5.69. The van der Waals surface area contributed by atoms with Crippen LogP contribution in [0, 0.1) is 5.92 Å². The first-order valence-electron chi connectivity index (χ1n) is 7.06. The summed E-state index contributed by atoms with van der Waals surface area (Å²) in [5.41, 5.74) is 0.299. The average Bonchev–Trinajstić information content (AvgIpc) is 2.70. The third kappa shape index (κ3) is 2.85. The number of aromatic nitrogens is 2. The minimum Gasteiger partial charge on any atom is -0.481 e. The molecule has 2 atom stereocenters. The highest BCUT2D eigenvalue weighted by Gasteiger charge is 2.44. The molecule has 1 N–H and O–H groups in total. The molecule has 0 radical (unpaired) electrons. The number of nitrogens with zero attached hydrogens (tertiary/aromatic N) is 3. The highest BCUT2D eigenvalue weighted by atomic mass is 35.5. The van der Waals surface area contributed by atoms with E-state index >= 15 is 0 Å². The quantitative estimate of drug-likeness (QED) is 0.923. The van der Waals surface area contributed by atoms with Crippen LogP contribution in [0.1, 0.15) is 42.6 Å². The smallest absolute Gasteiger partial charge is 0.303 e. The molecule has 6 nitrogen and oxygen atoms in total. The Labute approximate surface area is 127 Å². The van der Waals surface area contributed by atoms with Gasteiger partial charge in [-0.15, -0.1) is 0 Å². The van der Waals surface area contributed by atoms with Crippen LogP contribution in [-0.4, -0.2) is 43.9 Å². The standard InChI is InChI=1S/C14H16ClN3O3/c15-12-7-16-11(6-17-12)14(21)18-9-1-2-10(18)4-8(3-9)5-13(19)20/h6-10H,1-5H2,(H,19,20). The Hall–Kier alpha value is -1.69. The SMILES string of the molecule is O=C(O)CC1CC2CCC(C1)N2C(=O)c1cnc(Cl)cn1. The van der Waals surface area contributed by atoms with Crippen LogP contribution in [0.4, 0.5) is 0 Å². The van der Waals surface area contributed by atoms with E-state index in [1.165, 1.54) is 12.4 Å². The third-order valence-corrected chi connectivity index (χ3v) is 4.56. The van der Waals surface area contributed by atoms with Crippen molar-refractivity contribution in [3.63, 3.8) is 0 Å². The second-order valence-corrected chi connectivity index (χ2v) is 6.14. The Morgan fingerprint density at radius 1 is 1.24 bits per heavy atom. The van der Waals surface area contributed by atoms with E-state index in [-0.39, 0.29) is 35.5 Å². The molecule has 2 bridgehead atoms. The molecule has 0 saturated carbocycles. The van der Waals surface area contributed by atoms with E-state index in [2.05, 4.69) is 9.97 Å². The molecule has 21 heavy (non-hydrogen) atoms. The van der Waals surface area contributed by atoms with E-state index in [1.807, 2.05) is 4.90 Å². The number of carboxylic acid groups (broad SMARTS) is 1. The number of hydrogen-bond acceptors (Lipinski definition) is 4. The number of carbonyl (C=O) groups excluding carboxylic acids is 1. The maximum absolute atomic E-state index is 12.6. The predicted molar refractivity (Wildman–Crippen MR) is 75.0 cm³/mol. The first-order valence-corrected chi connectivity index (χ1v) is 7.44. The van der Waals surface area contributed by atoms with E-state index in [4.69, 9.17) is 16.7 Å². The summed E-state index contributed by atoms with van der Waals surface area (Å²) in [6, 6.07) is 0.246. The van der Waals surface area contributed by atoms with Gasteiger partial charge in [0.15, 0.2) is 0 Å². The highest BCUT2D eigenvalue weighted by molar-refractivity contribution is 6.29. The Kier molecular flexibility index (Phi) is 3.80. The van der Waals surface area contributed by atoms with Gasteiger partial charge < -0.3 is 10.0 Å². The number of hydrogen-bond donors (Lipinski definition) is 1. The molecule has 0 aliphatic carbocycles. The van der Waals surface area contributed by atoms with Crippen molar-refractivity contribution in [3.8, 4) is 0 Å². The topological polar surface area (TPSA) is 83.4 Å². The first kappa shape index (κ1) is 14.3. The van der Waals surface area contributed by atoms with Crippen molar-refractivity contribution in [2.24, 2.45) is 5.92 Å². The van der Waals surface area contributed by atoms with E-state index in [1.54, 1.807) is 0 Å². The number of amides is 1. The normalized spacial score (nSPS) is 27.7. The van der Waals surface area contributed by atoms with Gasteiger partial charge in [0.1, 0.15) is 10.8 Å². The van der Waals surface area contributed by atoms with Gasteiger partial charge in [0.2, 0.25) is 0 Å². The molecule has 0 spiro atoms. The average molecular weight is 310 g/mol. The molecule has 2 aliphatic rings. The summed E-state index contributed by atoms with van der Waals surface area (Å²) in [7, 11) is 0. The molecular formula is C14H16ClN3O3. The molecule has 7 heteroatoms. The molecule has 2 aliphatic heterocycles. The molecule has 112 valence electrons. The van der Waals surface area contributed by atoms with Gasteiger partial charge in [-0.2, -0.15) is 0 Å². The lowest BCUT2D eigenvalue weighted by Gasteiger charge is -2.38. The number of carboxylic acids is 1. The van der Waals surface area contributed by atoms with Crippen LogP contribution in [-0.2, 0) is 4.79 Å². The summed E-state index contributed by atoms with van der Waals surface area (Å²) in [5, 5.41) is 9.19. The molecular weight excluding hydrogens is 294 g/mol. The predicted octanol–water partition coefficient (Wildman–Crippen LogP) is 1.99. The van der Waals surface area contributed by atoms with Gasteiger partial charge in [-0.25, -0.2) is 9.97 Å². The molecule has 2 unspecified atom stereocenters. The minimum atomic E-state index is -0.761. The molecule has 1 aromatic heterocycles. The fraction of sp³-hybridized carbons (Fsp3) is 0.571. The van der Waals surface area contributed by atoms with Crippen molar-refractivity contribution in [2.75, 3.05) is 0 Å². The maximum atomic E-state index is 12.6. The zero-order valence-corrected chi connectivity index (χ0v) is 12.2. The molecule has 0 aromatic carbocycles. The van der Waals surface area contributed by atoms with Gasteiger partial charge >= 0.3 is 5.97 Å². The number of piperidine rings is 1. The summed E-state index contributed by atoms with van der Waals surface area (Å²) in [6.07, 6.45) is 6.35. The first-order chi connectivity index (χ1) is 10.0. The van der Waals surface area contributed by atoms with Crippen molar-refractivity contribution < 1.29 is 14.7 Å². The Morgan fingerprint density at radius 2 is 1.90 bits per heavy atom. The lowest BCUT2D eigenvalue weighted by Crippen LogP contribution is -2.47. The van der Waals surface area contributed by atoms with Crippen LogP contribution < -0.4 is 0 Å². The van der Waals surface area contributed by atoms with Gasteiger partial charge in [0.25, 0.3) is 5.91 Å². The monoisotopic (exact) mass is 309 g/mol. The Bertz CT molecular complexity index is 549. The zero-order valence-electron chi connectivity index (χ0n) is 11.4. The van der Waals surface area contributed by atoms with Gasteiger partial charge in [-0.3, -0.25) is 9.59 Å². The molecule has 1 amide bonds. The summed E-state index contributed by atoms with van der Waals surface area (Å²) in [6.45, 7) is 0. The highest BCUT2D eigenvalue weighted by Crippen LogP contribution is 2.40. The number of carbonyl (C=O) groups is 2. The largest absolute Gasteiger partial charge is 0.481 e. The van der Waals surface area contributed by atoms with E-state index < -0.39 is 5.97 Å². The van der Waals surface area contributed by atoms with Crippen molar-refractivity contribution in [2.45, 2.75) is 44.2 Å². The zero-order chi connectivity index (χ0) is 15.0. The summed E-state index contributed by atoms with van der Waals surface area (Å²) in [4.78, 5) is 33.2. The van der Waals surface area contributed by atoms with E-state index in [0.717, 1.165) is 25.7 Å². The van der Waals surface area contributed by atoms with Crippen LogP contribution in [0.5, 0.6) is 0 Å². The van der Waals surface area contributed by atoms with Crippen molar-refractivity contribution in [1.82, 2.24) is 14.9 Å².